The Labute approximate surface area is 125 Å². The molecule has 104 valence electrons. The number of carbonyl (C=O) groups excluding carboxylic acids is 1. The quantitative estimate of drug-likeness (QED) is 0.854. The van der Waals surface area contributed by atoms with E-state index in [0.29, 0.717) is 13.0 Å². The molecular formula is C16H15BrO3. The number of hydrogen-bond donors (Lipinski definition) is 1. The van der Waals surface area contributed by atoms with E-state index < -0.39 is 0 Å². The Morgan fingerprint density at radius 3 is 2.95 bits per heavy atom. The number of halogens is 1. The Hall–Kier alpha value is -1.55. The maximum absolute atomic E-state index is 11.9. The fourth-order valence-corrected chi connectivity index (χ4v) is 3.65. The molecule has 0 fully saturated rings. The normalized spacial score (nSPS) is 17.2. The Morgan fingerprint density at radius 1 is 1.40 bits per heavy atom. The minimum Gasteiger partial charge on any atom is -0.508 e. The third-order valence-electron chi connectivity index (χ3n) is 3.80. The minimum absolute atomic E-state index is 0.0868. The van der Waals surface area contributed by atoms with Crippen molar-refractivity contribution in [2.45, 2.75) is 19.8 Å². The molecule has 4 heteroatoms. The van der Waals surface area contributed by atoms with Gasteiger partial charge < -0.3 is 9.84 Å². The molecule has 0 heterocycles. The topological polar surface area (TPSA) is 46.5 Å². The monoisotopic (exact) mass is 334 g/mol. The SMILES string of the molecule is CCOC(=O)C1Cc2ccc3cc(O)cc(Br)c3c2C1. The molecule has 2 aromatic carbocycles. The lowest BCUT2D eigenvalue weighted by Gasteiger charge is -2.09. The van der Waals surface area contributed by atoms with Crippen LogP contribution >= 0.6 is 15.9 Å². The number of ether oxygens (including phenoxy) is 1. The highest BCUT2D eigenvalue weighted by molar-refractivity contribution is 9.10. The van der Waals surface area contributed by atoms with Crippen LogP contribution < -0.4 is 0 Å². The zero-order valence-electron chi connectivity index (χ0n) is 11.1. The lowest BCUT2D eigenvalue weighted by atomic mass is 10.0. The fourth-order valence-electron chi connectivity index (χ4n) is 2.95. The van der Waals surface area contributed by atoms with Crippen molar-refractivity contribution in [3.8, 4) is 5.75 Å². The van der Waals surface area contributed by atoms with Gasteiger partial charge in [-0.3, -0.25) is 4.79 Å². The molecule has 1 unspecified atom stereocenters. The minimum atomic E-state index is -0.119. The molecule has 0 saturated heterocycles. The second-order valence-electron chi connectivity index (χ2n) is 5.09. The van der Waals surface area contributed by atoms with Gasteiger partial charge in [-0.25, -0.2) is 0 Å². The molecule has 0 bridgehead atoms. The van der Waals surface area contributed by atoms with Crippen LogP contribution in [0.2, 0.25) is 0 Å². The third-order valence-corrected chi connectivity index (χ3v) is 4.42. The van der Waals surface area contributed by atoms with E-state index in [1.807, 2.05) is 19.1 Å². The number of phenols is 1. The summed E-state index contributed by atoms with van der Waals surface area (Å²) in [6.07, 6.45) is 1.44. The van der Waals surface area contributed by atoms with Crippen molar-refractivity contribution in [1.82, 2.24) is 0 Å². The van der Waals surface area contributed by atoms with Gasteiger partial charge in [-0.2, -0.15) is 0 Å². The summed E-state index contributed by atoms with van der Waals surface area (Å²) >= 11 is 3.51. The van der Waals surface area contributed by atoms with Crippen LogP contribution in [0.3, 0.4) is 0 Å². The summed E-state index contributed by atoms with van der Waals surface area (Å²) in [6.45, 7) is 2.25. The van der Waals surface area contributed by atoms with Crippen molar-refractivity contribution in [1.29, 1.82) is 0 Å². The van der Waals surface area contributed by atoms with Crippen molar-refractivity contribution in [3.63, 3.8) is 0 Å². The number of phenolic OH excluding ortho intramolecular Hbond substituents is 1. The van der Waals surface area contributed by atoms with Gasteiger partial charge in [0.25, 0.3) is 0 Å². The van der Waals surface area contributed by atoms with E-state index in [2.05, 4.69) is 15.9 Å². The number of hydrogen-bond acceptors (Lipinski definition) is 3. The van der Waals surface area contributed by atoms with Crippen LogP contribution in [-0.4, -0.2) is 17.7 Å². The van der Waals surface area contributed by atoms with Crippen LogP contribution in [0, 0.1) is 5.92 Å². The molecule has 20 heavy (non-hydrogen) atoms. The smallest absolute Gasteiger partial charge is 0.309 e. The van der Waals surface area contributed by atoms with Crippen LogP contribution in [0.1, 0.15) is 18.1 Å². The summed E-state index contributed by atoms with van der Waals surface area (Å²) in [5.41, 5.74) is 2.38. The standard InChI is InChI=1S/C16H15BrO3/c1-2-20-16(19)11-5-9-3-4-10-6-12(18)8-14(17)15(10)13(9)7-11/h3-4,6,8,11,18H,2,5,7H2,1H3. The van der Waals surface area contributed by atoms with E-state index in [4.69, 9.17) is 4.74 Å². The molecule has 0 aliphatic heterocycles. The van der Waals surface area contributed by atoms with E-state index in [1.165, 1.54) is 11.1 Å². The molecule has 2 aromatic rings. The number of aromatic hydroxyl groups is 1. The van der Waals surface area contributed by atoms with E-state index in [-0.39, 0.29) is 17.6 Å². The van der Waals surface area contributed by atoms with Crippen molar-refractivity contribution >= 4 is 32.7 Å². The van der Waals surface area contributed by atoms with Gasteiger partial charge in [0.15, 0.2) is 0 Å². The zero-order chi connectivity index (χ0) is 14.3. The fraction of sp³-hybridized carbons (Fsp3) is 0.312. The first-order chi connectivity index (χ1) is 9.60. The molecular weight excluding hydrogens is 320 g/mol. The maximum atomic E-state index is 11.9. The van der Waals surface area contributed by atoms with E-state index in [9.17, 15) is 9.90 Å². The summed E-state index contributed by atoms with van der Waals surface area (Å²) < 4.78 is 6.00. The summed E-state index contributed by atoms with van der Waals surface area (Å²) in [7, 11) is 0. The van der Waals surface area contributed by atoms with Gasteiger partial charge in [0.2, 0.25) is 0 Å². The van der Waals surface area contributed by atoms with Gasteiger partial charge in [-0.15, -0.1) is 0 Å². The van der Waals surface area contributed by atoms with Gasteiger partial charge in [0, 0.05) is 4.47 Å². The lowest BCUT2D eigenvalue weighted by molar-refractivity contribution is -0.147. The summed E-state index contributed by atoms with van der Waals surface area (Å²) in [5.74, 6) is 0.0345. The Kier molecular flexibility index (Phi) is 3.42. The molecule has 0 amide bonds. The van der Waals surface area contributed by atoms with Gasteiger partial charge in [-0.1, -0.05) is 28.1 Å². The number of rotatable bonds is 2. The number of benzene rings is 2. The molecule has 0 radical (unpaired) electrons. The van der Waals surface area contributed by atoms with Crippen LogP contribution in [0.25, 0.3) is 10.8 Å². The van der Waals surface area contributed by atoms with Crippen LogP contribution in [0.5, 0.6) is 5.75 Å². The molecule has 0 saturated carbocycles. The molecule has 3 rings (SSSR count). The van der Waals surface area contributed by atoms with E-state index in [0.717, 1.165) is 21.7 Å². The van der Waals surface area contributed by atoms with Crippen molar-refractivity contribution in [2.24, 2.45) is 5.92 Å². The number of carbonyl (C=O) groups is 1. The molecule has 3 nitrogen and oxygen atoms in total. The molecule has 1 aliphatic rings. The first-order valence-corrected chi connectivity index (χ1v) is 7.49. The largest absolute Gasteiger partial charge is 0.508 e. The highest BCUT2D eigenvalue weighted by Gasteiger charge is 2.30. The van der Waals surface area contributed by atoms with Crippen molar-refractivity contribution in [3.05, 3.63) is 39.9 Å². The average Bonchev–Trinajstić information content (AvgIpc) is 2.82. The van der Waals surface area contributed by atoms with Gasteiger partial charge in [-0.05, 0) is 53.8 Å². The first kappa shape index (κ1) is 13.4. The molecule has 1 aliphatic carbocycles. The van der Waals surface area contributed by atoms with Crippen molar-refractivity contribution < 1.29 is 14.6 Å². The Balaban J connectivity index is 2.06. The van der Waals surface area contributed by atoms with Crippen LogP contribution in [0.15, 0.2) is 28.7 Å². The van der Waals surface area contributed by atoms with Crippen LogP contribution in [0.4, 0.5) is 0 Å². The average molecular weight is 335 g/mol. The number of esters is 1. The molecule has 0 aromatic heterocycles. The predicted molar refractivity (Wildman–Crippen MR) is 80.8 cm³/mol. The Morgan fingerprint density at radius 2 is 2.20 bits per heavy atom. The highest BCUT2D eigenvalue weighted by atomic mass is 79.9. The first-order valence-electron chi connectivity index (χ1n) is 6.69. The highest BCUT2D eigenvalue weighted by Crippen LogP contribution is 2.38. The molecule has 1 atom stereocenters. The lowest BCUT2D eigenvalue weighted by Crippen LogP contribution is -2.17. The van der Waals surface area contributed by atoms with E-state index >= 15 is 0 Å². The summed E-state index contributed by atoms with van der Waals surface area (Å²) in [5, 5.41) is 11.7. The molecule has 1 N–H and O–H groups in total. The second-order valence-corrected chi connectivity index (χ2v) is 5.94. The zero-order valence-corrected chi connectivity index (χ0v) is 12.7. The Bertz CT molecular complexity index is 694. The predicted octanol–water partition coefficient (Wildman–Crippen LogP) is 3.59. The van der Waals surface area contributed by atoms with Crippen molar-refractivity contribution in [2.75, 3.05) is 6.61 Å². The summed E-state index contributed by atoms with van der Waals surface area (Å²) in [4.78, 5) is 11.9. The van der Waals surface area contributed by atoms with Crippen LogP contribution in [-0.2, 0) is 22.4 Å². The number of fused-ring (bicyclic) bond motifs is 3. The summed E-state index contributed by atoms with van der Waals surface area (Å²) in [6, 6.07) is 7.48. The third kappa shape index (κ3) is 2.18. The second kappa shape index (κ2) is 5.09. The van der Waals surface area contributed by atoms with E-state index in [1.54, 1.807) is 12.1 Å². The maximum Gasteiger partial charge on any atom is 0.309 e. The van der Waals surface area contributed by atoms with Gasteiger partial charge in [0.05, 0.1) is 12.5 Å². The van der Waals surface area contributed by atoms with Gasteiger partial charge in [0.1, 0.15) is 5.75 Å². The van der Waals surface area contributed by atoms with Gasteiger partial charge >= 0.3 is 5.97 Å². The molecule has 0 spiro atoms.